The van der Waals surface area contributed by atoms with Crippen LogP contribution in [-0.4, -0.2) is 45.8 Å². The standard InChI is InChI=1S/C16H18N6O/c1-12-4-2-3-5-13(12)20-8-10-21(11-9-20)14-15-18-19-16(23)22(15)7-6-17-14/h2-7H,8-11H2,1H3,(H,19,23). The zero-order valence-corrected chi connectivity index (χ0v) is 12.9. The monoisotopic (exact) mass is 310 g/mol. The Labute approximate surface area is 133 Å². The highest BCUT2D eigenvalue weighted by molar-refractivity contribution is 5.64. The number of aromatic nitrogens is 4. The van der Waals surface area contributed by atoms with Gasteiger partial charge in [0.15, 0.2) is 5.82 Å². The lowest BCUT2D eigenvalue weighted by Gasteiger charge is -2.37. The number of H-pyrrole nitrogens is 1. The molecule has 0 atom stereocenters. The van der Waals surface area contributed by atoms with Crippen molar-refractivity contribution >= 4 is 17.2 Å². The van der Waals surface area contributed by atoms with Crippen molar-refractivity contribution in [1.29, 1.82) is 0 Å². The summed E-state index contributed by atoms with van der Waals surface area (Å²) in [4.78, 5) is 20.7. The Morgan fingerprint density at radius 2 is 1.83 bits per heavy atom. The van der Waals surface area contributed by atoms with Gasteiger partial charge < -0.3 is 9.80 Å². The van der Waals surface area contributed by atoms with Gasteiger partial charge in [0.1, 0.15) is 0 Å². The smallest absolute Gasteiger partial charge is 0.347 e. The highest BCUT2D eigenvalue weighted by Crippen LogP contribution is 2.23. The molecule has 4 rings (SSSR count). The lowest BCUT2D eigenvalue weighted by molar-refractivity contribution is 0.646. The zero-order valence-electron chi connectivity index (χ0n) is 12.9. The van der Waals surface area contributed by atoms with E-state index in [1.807, 2.05) is 0 Å². The molecule has 2 aromatic heterocycles. The van der Waals surface area contributed by atoms with Crippen LogP contribution < -0.4 is 15.5 Å². The van der Waals surface area contributed by atoms with Crippen molar-refractivity contribution in [2.75, 3.05) is 36.0 Å². The van der Waals surface area contributed by atoms with Crippen molar-refractivity contribution in [3.8, 4) is 0 Å². The van der Waals surface area contributed by atoms with E-state index in [-0.39, 0.29) is 5.69 Å². The molecule has 23 heavy (non-hydrogen) atoms. The predicted molar refractivity (Wildman–Crippen MR) is 89.2 cm³/mol. The van der Waals surface area contributed by atoms with Crippen molar-refractivity contribution in [3.05, 3.63) is 52.7 Å². The van der Waals surface area contributed by atoms with Crippen molar-refractivity contribution in [2.24, 2.45) is 0 Å². The topological polar surface area (TPSA) is 69.5 Å². The molecule has 1 aromatic carbocycles. The van der Waals surface area contributed by atoms with Crippen molar-refractivity contribution in [2.45, 2.75) is 6.92 Å². The Morgan fingerprint density at radius 3 is 2.61 bits per heavy atom. The molecule has 7 heteroatoms. The number of hydrogen-bond acceptors (Lipinski definition) is 5. The molecule has 0 aliphatic carbocycles. The van der Waals surface area contributed by atoms with Crippen molar-refractivity contribution < 1.29 is 0 Å². The molecule has 3 heterocycles. The van der Waals surface area contributed by atoms with Gasteiger partial charge in [0.05, 0.1) is 0 Å². The van der Waals surface area contributed by atoms with Gasteiger partial charge in [0, 0.05) is 44.3 Å². The molecular formula is C16H18N6O. The van der Waals surface area contributed by atoms with E-state index in [1.54, 1.807) is 12.4 Å². The summed E-state index contributed by atoms with van der Waals surface area (Å²) in [7, 11) is 0. The first-order valence-corrected chi connectivity index (χ1v) is 7.71. The number of piperazine rings is 1. The van der Waals surface area contributed by atoms with Gasteiger partial charge in [-0.15, -0.1) is 5.10 Å². The molecule has 7 nitrogen and oxygen atoms in total. The van der Waals surface area contributed by atoms with E-state index in [0.29, 0.717) is 5.65 Å². The zero-order chi connectivity index (χ0) is 15.8. The van der Waals surface area contributed by atoms with Crippen molar-refractivity contribution in [3.63, 3.8) is 0 Å². The molecule has 1 saturated heterocycles. The number of nitrogens with one attached hydrogen (secondary N) is 1. The van der Waals surface area contributed by atoms with Crippen molar-refractivity contribution in [1.82, 2.24) is 19.6 Å². The summed E-state index contributed by atoms with van der Waals surface area (Å²) in [6.45, 7) is 5.68. The van der Waals surface area contributed by atoms with E-state index >= 15 is 0 Å². The van der Waals surface area contributed by atoms with Gasteiger partial charge in [-0.3, -0.25) is 0 Å². The van der Waals surface area contributed by atoms with Crippen LogP contribution in [-0.2, 0) is 0 Å². The van der Waals surface area contributed by atoms with Crippen LogP contribution in [0.25, 0.3) is 5.65 Å². The number of aryl methyl sites for hydroxylation is 1. The fourth-order valence-electron chi connectivity index (χ4n) is 3.13. The van der Waals surface area contributed by atoms with Crippen LogP contribution in [0, 0.1) is 6.92 Å². The molecule has 0 bridgehead atoms. The average Bonchev–Trinajstić information content (AvgIpc) is 2.97. The SMILES string of the molecule is Cc1ccccc1N1CCN(c2nccn3c(=O)[nH]nc23)CC1. The van der Waals surface area contributed by atoms with E-state index in [4.69, 9.17) is 0 Å². The summed E-state index contributed by atoms with van der Waals surface area (Å²) >= 11 is 0. The maximum atomic E-state index is 11.7. The summed E-state index contributed by atoms with van der Waals surface area (Å²) in [6.07, 6.45) is 3.28. The first-order chi connectivity index (χ1) is 11.2. The molecule has 1 aliphatic rings. The fourth-order valence-corrected chi connectivity index (χ4v) is 3.13. The summed E-state index contributed by atoms with van der Waals surface area (Å²) in [5.74, 6) is 0.760. The molecule has 0 spiro atoms. The third-order valence-corrected chi connectivity index (χ3v) is 4.35. The summed E-state index contributed by atoms with van der Waals surface area (Å²) < 4.78 is 1.50. The Bertz CT molecular complexity index is 891. The largest absolute Gasteiger partial charge is 0.368 e. The maximum absolute atomic E-state index is 11.7. The van der Waals surface area contributed by atoms with Gasteiger partial charge in [-0.1, -0.05) is 18.2 Å². The number of para-hydroxylation sites is 1. The lowest BCUT2D eigenvalue weighted by atomic mass is 10.1. The van der Waals surface area contributed by atoms with Gasteiger partial charge in [-0.05, 0) is 18.6 Å². The highest BCUT2D eigenvalue weighted by atomic mass is 16.1. The summed E-state index contributed by atoms with van der Waals surface area (Å²) in [5.41, 5.74) is 2.93. The first kappa shape index (κ1) is 13.8. The number of rotatable bonds is 2. The molecule has 1 N–H and O–H groups in total. The molecular weight excluding hydrogens is 292 g/mol. The van der Waals surface area contributed by atoms with E-state index in [0.717, 1.165) is 32.0 Å². The summed E-state index contributed by atoms with van der Waals surface area (Å²) in [6, 6.07) is 8.44. The van der Waals surface area contributed by atoms with Crippen LogP contribution in [0.2, 0.25) is 0 Å². The van der Waals surface area contributed by atoms with Gasteiger partial charge in [-0.25, -0.2) is 19.3 Å². The van der Waals surface area contributed by atoms with E-state index < -0.39 is 0 Å². The van der Waals surface area contributed by atoms with Gasteiger partial charge in [0.25, 0.3) is 0 Å². The van der Waals surface area contributed by atoms with Gasteiger partial charge in [-0.2, -0.15) is 0 Å². The molecule has 1 aliphatic heterocycles. The molecule has 0 amide bonds. The van der Waals surface area contributed by atoms with E-state index in [2.05, 4.69) is 56.2 Å². The quantitative estimate of drug-likeness (QED) is 0.766. The second kappa shape index (κ2) is 5.42. The van der Waals surface area contributed by atoms with E-state index in [9.17, 15) is 4.79 Å². The number of hydrogen-bond donors (Lipinski definition) is 1. The Morgan fingerprint density at radius 1 is 1.09 bits per heavy atom. The van der Waals surface area contributed by atoms with E-state index in [1.165, 1.54) is 15.7 Å². The van der Waals surface area contributed by atoms with Gasteiger partial charge in [0.2, 0.25) is 5.65 Å². The Hall–Kier alpha value is -2.83. The molecule has 0 unspecified atom stereocenters. The third-order valence-electron chi connectivity index (χ3n) is 4.35. The lowest BCUT2D eigenvalue weighted by Crippen LogP contribution is -2.47. The number of anilines is 2. The van der Waals surface area contributed by atoms with Crippen LogP contribution in [0.5, 0.6) is 0 Å². The van der Waals surface area contributed by atoms with Crippen LogP contribution >= 0.6 is 0 Å². The molecule has 1 fully saturated rings. The van der Waals surface area contributed by atoms with Crippen LogP contribution in [0.3, 0.4) is 0 Å². The number of benzene rings is 1. The average molecular weight is 310 g/mol. The van der Waals surface area contributed by atoms with Gasteiger partial charge >= 0.3 is 5.69 Å². The minimum Gasteiger partial charge on any atom is -0.368 e. The fraction of sp³-hybridized carbons (Fsp3) is 0.312. The Kier molecular flexibility index (Phi) is 3.25. The maximum Gasteiger partial charge on any atom is 0.347 e. The second-order valence-corrected chi connectivity index (χ2v) is 5.73. The number of fused-ring (bicyclic) bond motifs is 1. The summed E-state index contributed by atoms with van der Waals surface area (Å²) in [5, 5.41) is 6.57. The van der Waals surface area contributed by atoms with Crippen LogP contribution in [0.1, 0.15) is 5.56 Å². The first-order valence-electron chi connectivity index (χ1n) is 7.71. The third kappa shape index (κ3) is 2.34. The minimum absolute atomic E-state index is 0.234. The number of aromatic amines is 1. The van der Waals surface area contributed by atoms with Crippen LogP contribution in [0.15, 0.2) is 41.5 Å². The number of nitrogens with zero attached hydrogens (tertiary/aromatic N) is 5. The molecule has 0 saturated carbocycles. The Balaban J connectivity index is 1.58. The second-order valence-electron chi connectivity index (χ2n) is 5.73. The minimum atomic E-state index is -0.234. The molecule has 3 aromatic rings. The molecule has 0 radical (unpaired) electrons. The normalized spacial score (nSPS) is 15.3. The van der Waals surface area contributed by atoms with Crippen LogP contribution in [0.4, 0.5) is 11.5 Å². The highest BCUT2D eigenvalue weighted by Gasteiger charge is 2.21. The molecule has 118 valence electrons. The predicted octanol–water partition coefficient (Wildman–Crippen LogP) is 1.05.